The summed E-state index contributed by atoms with van der Waals surface area (Å²) in [6, 6.07) is 1.70. The van der Waals surface area contributed by atoms with Gasteiger partial charge in [0.05, 0.1) is 30.7 Å². The first-order valence-electron chi connectivity index (χ1n) is 8.42. The van der Waals surface area contributed by atoms with Gasteiger partial charge >= 0.3 is 0 Å². The molecule has 1 unspecified atom stereocenters. The molecule has 3 N–H and O–H groups in total. The summed E-state index contributed by atoms with van der Waals surface area (Å²) in [5.41, 5.74) is 0.608. The smallest absolute Gasteiger partial charge is 0.269 e. The normalized spacial score (nSPS) is 25.2. The molecule has 3 atom stereocenters. The second-order valence-corrected chi connectivity index (χ2v) is 6.85. The van der Waals surface area contributed by atoms with Crippen LogP contribution in [0, 0.1) is 12.3 Å². The van der Waals surface area contributed by atoms with Crippen molar-refractivity contribution in [3.8, 4) is 5.88 Å². The molecule has 2 aromatic heterocycles. The van der Waals surface area contributed by atoms with Crippen LogP contribution in [0.15, 0.2) is 24.7 Å². The number of carbonyl (C=O) groups excluding carboxylic acids is 1. The number of carbonyl (C=O) groups is 1. The van der Waals surface area contributed by atoms with E-state index < -0.39 is 17.6 Å². The van der Waals surface area contributed by atoms with Gasteiger partial charge in [-0.15, -0.1) is 0 Å². The van der Waals surface area contributed by atoms with E-state index in [-0.39, 0.29) is 19.1 Å². The molecule has 140 valence electrons. The SMILES string of the molecule is Cc1cc(C(=O)NCC2(COc3cnccn3)C[C@@H](O)[C@@H](O)C2)n(C)n1. The number of hydrogen-bond donors (Lipinski definition) is 3. The number of aromatic nitrogens is 4. The lowest BCUT2D eigenvalue weighted by Gasteiger charge is -2.28. The molecule has 0 aromatic carbocycles. The zero-order valence-electron chi connectivity index (χ0n) is 14.8. The maximum absolute atomic E-state index is 12.5. The van der Waals surface area contributed by atoms with Crippen molar-refractivity contribution in [1.29, 1.82) is 0 Å². The van der Waals surface area contributed by atoms with Crippen LogP contribution >= 0.6 is 0 Å². The molecule has 2 heterocycles. The maximum Gasteiger partial charge on any atom is 0.269 e. The van der Waals surface area contributed by atoms with Crippen molar-refractivity contribution >= 4 is 5.91 Å². The van der Waals surface area contributed by atoms with Crippen molar-refractivity contribution in [2.75, 3.05) is 13.2 Å². The highest BCUT2D eigenvalue weighted by atomic mass is 16.5. The fourth-order valence-electron chi connectivity index (χ4n) is 3.32. The van der Waals surface area contributed by atoms with Crippen LogP contribution in [0.2, 0.25) is 0 Å². The van der Waals surface area contributed by atoms with E-state index in [4.69, 9.17) is 4.74 Å². The molecule has 1 fully saturated rings. The number of nitrogens with one attached hydrogen (secondary N) is 1. The molecule has 1 aliphatic rings. The lowest BCUT2D eigenvalue weighted by Crippen LogP contribution is -2.41. The minimum Gasteiger partial charge on any atom is -0.476 e. The molecule has 2 aromatic rings. The highest BCUT2D eigenvalue weighted by molar-refractivity contribution is 5.92. The number of aliphatic hydroxyl groups excluding tert-OH is 2. The van der Waals surface area contributed by atoms with Gasteiger partial charge in [0, 0.05) is 31.4 Å². The van der Waals surface area contributed by atoms with E-state index in [1.54, 1.807) is 19.3 Å². The van der Waals surface area contributed by atoms with Gasteiger partial charge in [0.25, 0.3) is 5.91 Å². The van der Waals surface area contributed by atoms with E-state index in [9.17, 15) is 15.0 Å². The topological polar surface area (TPSA) is 122 Å². The summed E-state index contributed by atoms with van der Waals surface area (Å²) in [6.45, 7) is 2.27. The zero-order chi connectivity index (χ0) is 18.7. The van der Waals surface area contributed by atoms with Gasteiger partial charge in [0.2, 0.25) is 5.88 Å². The lowest BCUT2D eigenvalue weighted by atomic mass is 9.86. The Labute approximate surface area is 151 Å². The van der Waals surface area contributed by atoms with Crippen LogP contribution in [0.4, 0.5) is 0 Å². The number of hydrogen-bond acceptors (Lipinski definition) is 7. The predicted molar refractivity (Wildman–Crippen MR) is 91.5 cm³/mol. The number of rotatable bonds is 6. The molecule has 0 aliphatic heterocycles. The number of nitrogens with zero attached hydrogens (tertiary/aromatic N) is 4. The first-order valence-corrected chi connectivity index (χ1v) is 8.42. The van der Waals surface area contributed by atoms with E-state index >= 15 is 0 Å². The molecule has 1 amide bonds. The van der Waals surface area contributed by atoms with E-state index in [1.807, 2.05) is 6.92 Å². The molecule has 9 heteroatoms. The van der Waals surface area contributed by atoms with Gasteiger partial charge in [-0.2, -0.15) is 5.10 Å². The van der Waals surface area contributed by atoms with Crippen molar-refractivity contribution in [2.24, 2.45) is 12.5 Å². The summed E-state index contributed by atoms with van der Waals surface area (Å²) < 4.78 is 7.21. The van der Waals surface area contributed by atoms with Gasteiger partial charge in [-0.1, -0.05) is 0 Å². The second kappa shape index (κ2) is 7.38. The number of aliphatic hydroxyl groups is 2. The van der Waals surface area contributed by atoms with Crippen LogP contribution < -0.4 is 10.1 Å². The Kier molecular flexibility index (Phi) is 5.19. The predicted octanol–water partition coefficient (Wildman–Crippen LogP) is -0.171. The van der Waals surface area contributed by atoms with E-state index in [2.05, 4.69) is 20.4 Å². The molecule has 0 radical (unpaired) electrons. The monoisotopic (exact) mass is 361 g/mol. The van der Waals surface area contributed by atoms with E-state index in [0.29, 0.717) is 24.4 Å². The molecular formula is C17H23N5O4. The van der Waals surface area contributed by atoms with Crippen LogP contribution in [0.5, 0.6) is 5.88 Å². The summed E-state index contributed by atoms with van der Waals surface area (Å²) in [6.07, 6.45) is 3.49. The fourth-order valence-corrected chi connectivity index (χ4v) is 3.32. The van der Waals surface area contributed by atoms with Crippen molar-refractivity contribution in [1.82, 2.24) is 25.1 Å². The Morgan fingerprint density at radius 1 is 1.38 bits per heavy atom. The minimum absolute atomic E-state index is 0.199. The third-order valence-electron chi connectivity index (χ3n) is 4.65. The van der Waals surface area contributed by atoms with Gasteiger partial charge in [0.1, 0.15) is 5.69 Å². The van der Waals surface area contributed by atoms with E-state index in [1.165, 1.54) is 17.1 Å². The summed E-state index contributed by atoms with van der Waals surface area (Å²) >= 11 is 0. The average molecular weight is 361 g/mol. The van der Waals surface area contributed by atoms with Gasteiger partial charge in [-0.25, -0.2) is 4.98 Å². The fraction of sp³-hybridized carbons (Fsp3) is 0.529. The number of ether oxygens (including phenoxy) is 1. The molecule has 26 heavy (non-hydrogen) atoms. The van der Waals surface area contributed by atoms with Crippen molar-refractivity contribution in [2.45, 2.75) is 32.0 Å². The highest BCUT2D eigenvalue weighted by Gasteiger charge is 2.45. The van der Waals surface area contributed by atoms with E-state index in [0.717, 1.165) is 5.69 Å². The first kappa shape index (κ1) is 18.3. The Morgan fingerprint density at radius 3 is 2.69 bits per heavy atom. The average Bonchev–Trinajstić information content (AvgIpc) is 3.11. The van der Waals surface area contributed by atoms with Gasteiger partial charge in [0.15, 0.2) is 0 Å². The van der Waals surface area contributed by atoms with Crippen LogP contribution in [-0.4, -0.2) is 61.2 Å². The molecule has 3 rings (SSSR count). The van der Waals surface area contributed by atoms with Crippen LogP contribution in [0.3, 0.4) is 0 Å². The highest BCUT2D eigenvalue weighted by Crippen LogP contribution is 2.38. The summed E-state index contributed by atoms with van der Waals surface area (Å²) in [4.78, 5) is 20.5. The molecule has 0 saturated heterocycles. The summed E-state index contributed by atoms with van der Waals surface area (Å²) in [7, 11) is 1.71. The van der Waals surface area contributed by atoms with Crippen molar-refractivity contribution in [3.05, 3.63) is 36.0 Å². The lowest BCUT2D eigenvalue weighted by molar-refractivity contribution is 0.0438. The molecule has 1 aliphatic carbocycles. The van der Waals surface area contributed by atoms with Gasteiger partial charge in [-0.05, 0) is 25.8 Å². The third kappa shape index (κ3) is 4.00. The molecule has 1 saturated carbocycles. The largest absolute Gasteiger partial charge is 0.476 e. The van der Waals surface area contributed by atoms with Crippen molar-refractivity contribution in [3.63, 3.8) is 0 Å². The number of aryl methyl sites for hydroxylation is 2. The van der Waals surface area contributed by atoms with Gasteiger partial charge < -0.3 is 20.3 Å². The summed E-state index contributed by atoms with van der Waals surface area (Å²) in [5.74, 6) is 0.0965. The minimum atomic E-state index is -0.851. The molecule has 0 spiro atoms. The van der Waals surface area contributed by atoms with Gasteiger partial charge in [-0.3, -0.25) is 14.5 Å². The number of amides is 1. The first-order chi connectivity index (χ1) is 12.4. The molecule has 9 nitrogen and oxygen atoms in total. The Bertz CT molecular complexity index is 754. The van der Waals surface area contributed by atoms with Crippen molar-refractivity contribution < 1.29 is 19.7 Å². The van der Waals surface area contributed by atoms with Crippen LogP contribution in [0.1, 0.15) is 29.0 Å². The van der Waals surface area contributed by atoms with Crippen LogP contribution in [-0.2, 0) is 7.05 Å². The second-order valence-electron chi connectivity index (χ2n) is 6.85. The maximum atomic E-state index is 12.5. The van der Waals surface area contributed by atoms with Crippen LogP contribution in [0.25, 0.3) is 0 Å². The zero-order valence-corrected chi connectivity index (χ0v) is 14.8. The summed E-state index contributed by atoms with van der Waals surface area (Å²) in [5, 5.41) is 27.0. The molecule has 0 bridgehead atoms. The Hall–Kier alpha value is -2.52. The third-order valence-corrected chi connectivity index (χ3v) is 4.65. The Balaban J connectivity index is 1.68. The quantitative estimate of drug-likeness (QED) is 0.653. The Morgan fingerprint density at radius 2 is 2.12 bits per heavy atom. The standard InChI is InChI=1S/C17H23N5O4/c1-11-5-12(22(2)21-11)16(25)20-9-17(6-13(23)14(24)7-17)10-26-15-8-18-3-4-19-15/h3-5,8,13-14,23-24H,6-7,9-10H2,1-2H3,(H,20,25)/t13-,14+,17?. The molecular weight excluding hydrogens is 338 g/mol.